The molecule has 0 bridgehead atoms. The van der Waals surface area contributed by atoms with Crippen LogP contribution in [0.15, 0.2) is 42.5 Å². The van der Waals surface area contributed by atoms with Crippen molar-refractivity contribution in [2.24, 2.45) is 0 Å². The predicted octanol–water partition coefficient (Wildman–Crippen LogP) is 3.57. The van der Waals surface area contributed by atoms with Crippen LogP contribution in [0, 0.1) is 16.1 Å². The highest BCUT2D eigenvalue weighted by atomic mass is 32.1. The summed E-state index contributed by atoms with van der Waals surface area (Å²) >= 11 is 5.38. The zero-order valence-corrected chi connectivity index (χ0v) is 11.6. The second kappa shape index (κ2) is 4.83. The maximum atomic E-state index is 9.00. The van der Waals surface area contributed by atoms with E-state index in [2.05, 4.69) is 11.1 Å². The molecule has 0 spiro atoms. The van der Waals surface area contributed by atoms with Gasteiger partial charge in [0.15, 0.2) is 4.77 Å². The van der Waals surface area contributed by atoms with Crippen LogP contribution in [0.4, 0.5) is 0 Å². The molecule has 0 saturated carbocycles. The van der Waals surface area contributed by atoms with E-state index in [-0.39, 0.29) is 0 Å². The minimum atomic E-state index is 0.586. The number of nitrogens with one attached hydrogen (secondary N) is 1. The number of aromatic nitrogens is 2. The molecule has 0 aliphatic carbocycles. The second-order valence-corrected chi connectivity index (χ2v) is 4.70. The molecule has 0 radical (unpaired) electrons. The van der Waals surface area contributed by atoms with Gasteiger partial charge in [0.25, 0.3) is 0 Å². The van der Waals surface area contributed by atoms with E-state index < -0.39 is 0 Å². The van der Waals surface area contributed by atoms with Crippen LogP contribution >= 0.6 is 12.2 Å². The lowest BCUT2D eigenvalue weighted by molar-refractivity contribution is 0.415. The second-order valence-electron chi connectivity index (χ2n) is 4.31. The van der Waals surface area contributed by atoms with Gasteiger partial charge < -0.3 is 9.72 Å². The third-order valence-corrected chi connectivity index (χ3v) is 3.41. The number of aromatic amines is 1. The zero-order valence-electron chi connectivity index (χ0n) is 10.8. The molecule has 1 N–H and O–H groups in total. The summed E-state index contributed by atoms with van der Waals surface area (Å²) in [5, 5.41) is 9.00. The predicted molar refractivity (Wildman–Crippen MR) is 79.7 cm³/mol. The number of hydrogen-bond donors (Lipinski definition) is 1. The van der Waals surface area contributed by atoms with Crippen molar-refractivity contribution in [3.8, 4) is 17.5 Å². The molecule has 0 fully saturated rings. The summed E-state index contributed by atoms with van der Waals surface area (Å²) in [4.78, 5) is 3.15. The first-order valence-electron chi connectivity index (χ1n) is 6.02. The number of benzene rings is 2. The van der Waals surface area contributed by atoms with Gasteiger partial charge in [-0.15, -0.1) is 0 Å². The van der Waals surface area contributed by atoms with Crippen LogP contribution in [-0.4, -0.2) is 16.7 Å². The fraction of sp³-hybridized carbons (Fsp3) is 0.0667. The number of ether oxygens (including phenoxy) is 1. The fourth-order valence-electron chi connectivity index (χ4n) is 2.19. The van der Waals surface area contributed by atoms with Crippen LogP contribution in [-0.2, 0) is 0 Å². The Morgan fingerprint density at radius 1 is 1.25 bits per heavy atom. The molecular formula is C15H11N3OS. The van der Waals surface area contributed by atoms with Crippen molar-refractivity contribution in [2.45, 2.75) is 0 Å². The summed E-state index contributed by atoms with van der Waals surface area (Å²) in [6.45, 7) is 0. The Balaban J connectivity index is 2.28. The van der Waals surface area contributed by atoms with Crippen LogP contribution in [0.3, 0.4) is 0 Å². The Morgan fingerprint density at radius 2 is 2.10 bits per heavy atom. The number of rotatable bonds is 2. The molecule has 0 aliphatic rings. The quantitative estimate of drug-likeness (QED) is 0.731. The lowest BCUT2D eigenvalue weighted by atomic mass is 10.2. The van der Waals surface area contributed by atoms with E-state index in [1.165, 1.54) is 0 Å². The maximum absolute atomic E-state index is 9.00. The molecule has 0 amide bonds. The van der Waals surface area contributed by atoms with Crippen molar-refractivity contribution in [3.05, 3.63) is 52.8 Å². The van der Waals surface area contributed by atoms with Crippen LogP contribution in [0.1, 0.15) is 5.56 Å². The number of methoxy groups -OCH3 is 1. The van der Waals surface area contributed by atoms with E-state index in [9.17, 15) is 0 Å². The molecule has 0 aliphatic heterocycles. The average molecular weight is 281 g/mol. The number of imidazole rings is 1. The van der Waals surface area contributed by atoms with Crippen molar-refractivity contribution >= 4 is 23.3 Å². The van der Waals surface area contributed by atoms with Crippen molar-refractivity contribution in [1.82, 2.24) is 9.55 Å². The van der Waals surface area contributed by atoms with Gasteiger partial charge in [-0.2, -0.15) is 5.26 Å². The molecule has 0 saturated heterocycles. The average Bonchev–Trinajstić information content (AvgIpc) is 2.82. The van der Waals surface area contributed by atoms with Gasteiger partial charge in [0.1, 0.15) is 5.75 Å². The smallest absolute Gasteiger partial charge is 0.182 e. The highest BCUT2D eigenvalue weighted by Gasteiger charge is 2.08. The van der Waals surface area contributed by atoms with E-state index in [0.717, 1.165) is 22.5 Å². The number of nitrogens with zero attached hydrogens (tertiary/aromatic N) is 2. The first-order chi connectivity index (χ1) is 9.72. The Bertz CT molecular complexity index is 886. The molecule has 20 heavy (non-hydrogen) atoms. The minimum Gasteiger partial charge on any atom is -0.497 e. The molecule has 3 rings (SSSR count). The van der Waals surface area contributed by atoms with E-state index >= 15 is 0 Å². The molecule has 2 aromatic carbocycles. The van der Waals surface area contributed by atoms with E-state index in [1.54, 1.807) is 13.2 Å². The first-order valence-corrected chi connectivity index (χ1v) is 6.43. The standard InChI is InChI=1S/C15H11N3OS/c1-19-12-5-6-14-13(8-12)17-15(20)18(14)11-4-2-3-10(7-11)9-16/h2-8H,1H3,(H,17,20). The Kier molecular flexibility index (Phi) is 3.01. The van der Waals surface area contributed by atoms with Crippen molar-refractivity contribution in [3.63, 3.8) is 0 Å². The van der Waals surface area contributed by atoms with Crippen LogP contribution in [0.2, 0.25) is 0 Å². The Morgan fingerprint density at radius 3 is 2.85 bits per heavy atom. The third-order valence-electron chi connectivity index (χ3n) is 3.12. The Labute approximate surface area is 120 Å². The zero-order chi connectivity index (χ0) is 14.1. The highest BCUT2D eigenvalue weighted by Crippen LogP contribution is 2.23. The minimum absolute atomic E-state index is 0.586. The Hall–Kier alpha value is -2.58. The molecule has 5 heteroatoms. The van der Waals surface area contributed by atoms with Crippen molar-refractivity contribution < 1.29 is 4.74 Å². The van der Waals surface area contributed by atoms with Gasteiger partial charge in [-0.3, -0.25) is 4.57 Å². The third kappa shape index (κ3) is 1.96. The largest absolute Gasteiger partial charge is 0.497 e. The monoisotopic (exact) mass is 281 g/mol. The number of H-pyrrole nitrogens is 1. The molecule has 98 valence electrons. The lowest BCUT2D eigenvalue weighted by Gasteiger charge is -2.05. The number of hydrogen-bond acceptors (Lipinski definition) is 3. The molecule has 0 unspecified atom stereocenters. The molecule has 0 atom stereocenters. The van der Waals surface area contributed by atoms with Gasteiger partial charge in [0.05, 0.1) is 29.8 Å². The van der Waals surface area contributed by atoms with Crippen LogP contribution in [0.5, 0.6) is 5.75 Å². The summed E-state index contributed by atoms with van der Waals surface area (Å²) in [6, 6.07) is 15.2. The molecule has 1 aromatic heterocycles. The summed E-state index contributed by atoms with van der Waals surface area (Å²) in [6.07, 6.45) is 0. The number of nitriles is 1. The lowest BCUT2D eigenvalue weighted by Crippen LogP contribution is -1.94. The highest BCUT2D eigenvalue weighted by molar-refractivity contribution is 7.71. The van der Waals surface area contributed by atoms with E-state index in [4.69, 9.17) is 22.2 Å². The molecular weight excluding hydrogens is 270 g/mol. The fourth-order valence-corrected chi connectivity index (χ4v) is 2.50. The van der Waals surface area contributed by atoms with Crippen molar-refractivity contribution in [1.29, 1.82) is 5.26 Å². The van der Waals surface area contributed by atoms with E-state index in [1.807, 2.05) is 41.0 Å². The summed E-state index contributed by atoms with van der Waals surface area (Å²) in [5.74, 6) is 0.770. The molecule has 4 nitrogen and oxygen atoms in total. The van der Waals surface area contributed by atoms with Gasteiger partial charge in [-0.05, 0) is 42.5 Å². The first kappa shape index (κ1) is 12.5. The van der Waals surface area contributed by atoms with Crippen LogP contribution in [0.25, 0.3) is 16.7 Å². The van der Waals surface area contributed by atoms with Gasteiger partial charge in [-0.25, -0.2) is 0 Å². The topological polar surface area (TPSA) is 53.7 Å². The number of fused-ring (bicyclic) bond motifs is 1. The van der Waals surface area contributed by atoms with Gasteiger partial charge in [0.2, 0.25) is 0 Å². The van der Waals surface area contributed by atoms with Gasteiger partial charge in [0, 0.05) is 11.8 Å². The maximum Gasteiger partial charge on any atom is 0.182 e. The van der Waals surface area contributed by atoms with Gasteiger partial charge >= 0.3 is 0 Å². The van der Waals surface area contributed by atoms with Crippen LogP contribution < -0.4 is 4.74 Å². The van der Waals surface area contributed by atoms with E-state index in [0.29, 0.717) is 10.3 Å². The summed E-state index contributed by atoms with van der Waals surface area (Å²) < 4.78 is 7.70. The molecule has 3 aromatic rings. The normalized spacial score (nSPS) is 10.4. The summed E-state index contributed by atoms with van der Waals surface area (Å²) in [5.41, 5.74) is 3.32. The van der Waals surface area contributed by atoms with Crippen molar-refractivity contribution in [2.75, 3.05) is 7.11 Å². The van der Waals surface area contributed by atoms with Gasteiger partial charge in [-0.1, -0.05) is 6.07 Å². The SMILES string of the molecule is COc1ccc2c(c1)[nH]c(=S)n2-c1cccc(C#N)c1. The summed E-state index contributed by atoms with van der Waals surface area (Å²) in [7, 11) is 1.63. The molecule has 1 heterocycles.